The molecule has 0 radical (unpaired) electrons. The summed E-state index contributed by atoms with van der Waals surface area (Å²) >= 11 is 0. The summed E-state index contributed by atoms with van der Waals surface area (Å²) in [4.78, 5) is 33.3. The average molecular weight is 1230 g/mol. The zero-order chi connectivity index (χ0) is 62.6. The van der Waals surface area contributed by atoms with Gasteiger partial charge in [0.15, 0.2) is 12.6 Å². The summed E-state index contributed by atoms with van der Waals surface area (Å²) in [6.45, 7) is 30.6. The lowest BCUT2D eigenvalue weighted by molar-refractivity contribution is -0.318. The standard InChI is InChI=1S/C68H108N2O13P.ClH/c1-20-56-68(16,77)61(73)50(12)70(57(71)25-23-21-22-24-26-84(52-30-40(2)27-41(3)31-52,53-32-42(4)28-43(5)33-53)54-34-44(6)29-45(7)35-54)39-46(8)37-66(14,76)63(83-65-59(72)55(69(17)18)36-47(9)79-65)48(10)60(49(11)64(75)81-56)82-58-38-67(15,78-19)62(74)51(13)80-58;/h27-35,46-51,55-56,58-63,65,72-74,76-77H,20-26,36-39H2,1-19H3;1H/q+1;/p-1/t46-,47-,48+,49-,50-,51+,55+,56-,58+,59-,60+,61-,62+,63-,65+,66-,67-,68-;/m1./s1. The fraction of sp³-hybridized carbons (Fsp3) is 0.706. The Hall–Kier alpha value is -3.12. The number of aryl methyl sites for hydroxylation is 6. The van der Waals surface area contributed by atoms with Gasteiger partial charge in [-0.2, -0.15) is 0 Å². The molecule has 3 aliphatic heterocycles. The number of hydrogen-bond donors (Lipinski definition) is 5. The molecule has 3 heterocycles. The number of halogens is 1. The molecule has 0 unspecified atom stereocenters. The number of methoxy groups -OCH3 is 1. The van der Waals surface area contributed by atoms with Crippen LogP contribution in [0.2, 0.25) is 0 Å². The van der Waals surface area contributed by atoms with Crippen LogP contribution in [0.5, 0.6) is 0 Å². The normalized spacial score (nSPS) is 34.7. The minimum Gasteiger partial charge on any atom is -1.00 e. The molecule has 0 aliphatic carbocycles. The number of rotatable bonds is 17. The summed E-state index contributed by atoms with van der Waals surface area (Å²) in [5.74, 6) is -3.35. The Labute approximate surface area is 517 Å². The Morgan fingerprint density at radius 2 is 1.24 bits per heavy atom. The van der Waals surface area contributed by atoms with E-state index >= 15 is 0 Å². The van der Waals surface area contributed by atoms with Crippen molar-refractivity contribution in [3.63, 3.8) is 0 Å². The van der Waals surface area contributed by atoms with E-state index in [4.69, 9.17) is 28.4 Å². The van der Waals surface area contributed by atoms with Gasteiger partial charge in [-0.1, -0.05) is 45.4 Å². The third-order valence-corrected chi connectivity index (χ3v) is 23.2. The molecule has 18 atom stereocenters. The highest BCUT2D eigenvalue weighted by Crippen LogP contribution is 2.57. The summed E-state index contributed by atoms with van der Waals surface area (Å²) in [6, 6.07) is 19.8. The number of hydrogen-bond acceptors (Lipinski definition) is 14. The van der Waals surface area contributed by atoms with Gasteiger partial charge < -0.3 is 76.2 Å². The molecule has 3 aliphatic rings. The van der Waals surface area contributed by atoms with Gasteiger partial charge in [0.1, 0.15) is 53.2 Å². The number of cyclic esters (lactones) is 1. The molecule has 3 aromatic rings. The number of carbonyl (C=O) groups is 2. The smallest absolute Gasteiger partial charge is 0.311 e. The molecule has 0 bridgehead atoms. The van der Waals surface area contributed by atoms with E-state index in [0.717, 1.165) is 25.4 Å². The van der Waals surface area contributed by atoms with Crippen LogP contribution in [0.3, 0.4) is 0 Å². The number of aliphatic hydroxyl groups excluding tert-OH is 3. The van der Waals surface area contributed by atoms with E-state index in [1.54, 1.807) is 46.4 Å². The van der Waals surface area contributed by atoms with Gasteiger partial charge in [0.05, 0.1) is 53.7 Å². The van der Waals surface area contributed by atoms with Gasteiger partial charge >= 0.3 is 5.97 Å². The van der Waals surface area contributed by atoms with E-state index in [9.17, 15) is 35.1 Å². The summed E-state index contributed by atoms with van der Waals surface area (Å²) in [5, 5.41) is 65.2. The molecule has 0 spiro atoms. The van der Waals surface area contributed by atoms with Crippen molar-refractivity contribution in [2.24, 2.45) is 17.8 Å². The van der Waals surface area contributed by atoms with E-state index in [2.05, 4.69) is 96.1 Å². The maximum absolute atomic E-state index is 15.0. The number of carbonyl (C=O) groups excluding carboxylic acids is 2. The second-order valence-corrected chi connectivity index (χ2v) is 30.6. The molecule has 3 fully saturated rings. The highest BCUT2D eigenvalue weighted by molar-refractivity contribution is 7.95. The van der Waals surface area contributed by atoms with Crippen LogP contribution < -0.4 is 28.3 Å². The lowest BCUT2D eigenvalue weighted by Gasteiger charge is -2.48. The lowest BCUT2D eigenvalue weighted by atomic mass is 9.77. The van der Waals surface area contributed by atoms with Crippen molar-refractivity contribution < 1.29 is 75.9 Å². The molecule has 6 rings (SSSR count). The molecule has 1 amide bonds. The Bertz CT molecular complexity index is 2490. The third kappa shape index (κ3) is 17.0. The SMILES string of the molecule is CC[C@H]1OC(=O)[C@H](C)[C@@H](O[C@H]2C[C@@](C)(OC)[C@@H](O)[C@H](C)O2)[C@H](C)[C@@H](O[C@@H]2O[C@H](C)C[C@H](N(C)C)[C@H]2O)[C@](C)(O)C[C@@H](C)CN(C(=O)CCCCCC[P+](c2cc(C)cc(C)c2)(c2cc(C)cc(C)c2)c2cc(C)cc(C)c2)[C@H](C)[C@@H](O)[C@]1(C)O.[Cl-]. The number of unbranched alkanes of at least 4 members (excludes halogenated alkanes) is 3. The second-order valence-electron chi connectivity index (χ2n) is 27.0. The largest absolute Gasteiger partial charge is 1.00 e. The monoisotopic (exact) mass is 1230 g/mol. The molecule has 15 nitrogen and oxygen atoms in total. The summed E-state index contributed by atoms with van der Waals surface area (Å²) in [7, 11) is 3.09. The maximum Gasteiger partial charge on any atom is 0.311 e. The first kappa shape index (κ1) is 72.6. The minimum atomic E-state index is -2.19. The molecule has 3 aromatic carbocycles. The van der Waals surface area contributed by atoms with Crippen LogP contribution in [0.4, 0.5) is 0 Å². The van der Waals surface area contributed by atoms with Gasteiger partial charge in [0.2, 0.25) is 5.91 Å². The molecule has 85 heavy (non-hydrogen) atoms. The van der Waals surface area contributed by atoms with E-state index in [-0.39, 0.29) is 62.7 Å². The van der Waals surface area contributed by atoms with Crippen molar-refractivity contribution in [1.29, 1.82) is 0 Å². The Kier molecular flexibility index (Phi) is 25.7. The van der Waals surface area contributed by atoms with E-state index in [1.807, 2.05) is 39.8 Å². The summed E-state index contributed by atoms with van der Waals surface area (Å²) in [6.07, 6.45) is -5.32. The molecule has 0 saturated carbocycles. The molecule has 5 N–H and O–H groups in total. The van der Waals surface area contributed by atoms with Crippen molar-refractivity contribution in [3.05, 3.63) is 88.0 Å². The topological polar surface area (TPSA) is 197 Å². The van der Waals surface area contributed by atoms with Gasteiger partial charge in [0, 0.05) is 38.5 Å². The first-order chi connectivity index (χ1) is 39.2. The van der Waals surface area contributed by atoms with Gasteiger partial charge in [-0.3, -0.25) is 9.59 Å². The Balaban J connectivity index is 0.0000132. The van der Waals surface area contributed by atoms with Gasteiger partial charge in [0.25, 0.3) is 0 Å². The lowest BCUT2D eigenvalue weighted by Crippen LogP contribution is -3.00. The van der Waals surface area contributed by atoms with Crippen LogP contribution in [0.25, 0.3) is 0 Å². The molecular formula is C68H108ClN2O13P. The summed E-state index contributed by atoms with van der Waals surface area (Å²) < 4.78 is 38.5. The second kappa shape index (κ2) is 30.1. The van der Waals surface area contributed by atoms with Crippen LogP contribution in [0.15, 0.2) is 54.6 Å². The average Bonchev–Trinajstić information content (AvgIpc) is 1.26. The number of benzene rings is 3. The number of amides is 1. The Morgan fingerprint density at radius 3 is 1.72 bits per heavy atom. The van der Waals surface area contributed by atoms with E-state index in [1.165, 1.54) is 63.3 Å². The molecule has 3 saturated heterocycles. The van der Waals surface area contributed by atoms with Crippen molar-refractivity contribution >= 4 is 35.1 Å². The first-order valence-electron chi connectivity index (χ1n) is 31.2. The van der Waals surface area contributed by atoms with Crippen molar-refractivity contribution in [3.8, 4) is 0 Å². The van der Waals surface area contributed by atoms with E-state index in [0.29, 0.717) is 12.8 Å². The number of likely N-dealkylation sites (N-methyl/N-ethyl adjacent to an activating group) is 1. The number of ether oxygens (including phenoxy) is 6. The zero-order valence-corrected chi connectivity index (χ0v) is 56.5. The Morgan fingerprint density at radius 1 is 0.729 bits per heavy atom. The third-order valence-electron chi connectivity index (χ3n) is 18.8. The minimum absolute atomic E-state index is 0. The molecule has 17 heteroatoms. The van der Waals surface area contributed by atoms with Crippen LogP contribution >= 0.6 is 7.26 Å². The number of aliphatic hydroxyl groups is 5. The quantitative estimate of drug-likeness (QED) is 0.0637. The van der Waals surface area contributed by atoms with Gasteiger partial charge in [-0.05, 0) is 218 Å². The van der Waals surface area contributed by atoms with Crippen LogP contribution in [0.1, 0.15) is 160 Å². The van der Waals surface area contributed by atoms with Crippen LogP contribution in [0, 0.1) is 59.3 Å². The van der Waals surface area contributed by atoms with Gasteiger partial charge in [-0.15, -0.1) is 0 Å². The van der Waals surface area contributed by atoms with Gasteiger partial charge in [-0.25, -0.2) is 0 Å². The van der Waals surface area contributed by atoms with Crippen molar-refractivity contribution in [2.75, 3.05) is 33.9 Å². The predicted molar refractivity (Wildman–Crippen MR) is 335 cm³/mol. The number of nitrogens with zero attached hydrogens (tertiary/aromatic N) is 2. The van der Waals surface area contributed by atoms with Crippen LogP contribution in [-0.2, 0) is 38.0 Å². The zero-order valence-electron chi connectivity index (χ0n) is 54.9. The molecular weight excluding hydrogens is 1120 g/mol. The molecule has 480 valence electrons. The fourth-order valence-electron chi connectivity index (χ4n) is 14.3. The van der Waals surface area contributed by atoms with E-state index < -0.39 is 109 Å². The maximum atomic E-state index is 15.0. The highest BCUT2D eigenvalue weighted by atomic mass is 35.5. The van der Waals surface area contributed by atoms with Crippen molar-refractivity contribution in [1.82, 2.24) is 9.80 Å². The highest BCUT2D eigenvalue weighted by Gasteiger charge is 2.54. The molecule has 0 aromatic heterocycles. The first-order valence-corrected chi connectivity index (χ1v) is 33.1. The summed E-state index contributed by atoms with van der Waals surface area (Å²) in [5.41, 5.74) is 2.60. The predicted octanol–water partition coefficient (Wildman–Crippen LogP) is 5.60. The number of esters is 1. The van der Waals surface area contributed by atoms with Crippen molar-refractivity contribution in [2.45, 2.75) is 259 Å². The van der Waals surface area contributed by atoms with Crippen LogP contribution in [-0.4, -0.2) is 171 Å². The fourth-order valence-corrected chi connectivity index (χ4v) is 19.2.